The van der Waals surface area contributed by atoms with Crippen molar-refractivity contribution in [2.75, 3.05) is 26.2 Å². The van der Waals surface area contributed by atoms with Crippen LogP contribution in [0.4, 0.5) is 4.39 Å². The smallest absolute Gasteiger partial charge is 0.223 e. The molecular formula is C19H28FIN4O. The Labute approximate surface area is 171 Å². The summed E-state index contributed by atoms with van der Waals surface area (Å²) >= 11 is 0. The number of nitrogens with one attached hydrogen (secondary N) is 3. The summed E-state index contributed by atoms with van der Waals surface area (Å²) in [4.78, 5) is 16.3. The Balaban J connectivity index is 0.00000243. The van der Waals surface area contributed by atoms with Crippen molar-refractivity contribution in [1.82, 2.24) is 16.0 Å². The van der Waals surface area contributed by atoms with E-state index in [2.05, 4.69) is 20.9 Å². The fourth-order valence-corrected chi connectivity index (χ4v) is 2.98. The van der Waals surface area contributed by atoms with E-state index in [1.165, 1.54) is 6.07 Å². The standard InChI is InChI=1S/C19H27FN4O.HI/c1-2-21-18(23-12-11-22-17(25)14-7-8-14)24-13-19(9-10-19)15-5-3-4-6-16(15)20;/h3-6,14H,2,7-13H2,1H3,(H,22,25)(H2,21,23,24);1H. The van der Waals surface area contributed by atoms with Gasteiger partial charge in [-0.25, -0.2) is 4.39 Å². The third-order valence-corrected chi connectivity index (χ3v) is 4.85. The number of guanidine groups is 1. The second-order valence-electron chi connectivity index (χ2n) is 6.95. The SMILES string of the molecule is CCNC(=NCC1(c2ccccc2F)CC1)NCCNC(=O)C1CC1.I. The van der Waals surface area contributed by atoms with Crippen LogP contribution in [0.3, 0.4) is 0 Å². The summed E-state index contributed by atoms with van der Waals surface area (Å²) in [5.41, 5.74) is 0.611. The maximum atomic E-state index is 14.1. The molecule has 0 aliphatic heterocycles. The molecule has 0 heterocycles. The minimum absolute atomic E-state index is 0. The minimum Gasteiger partial charge on any atom is -0.357 e. The van der Waals surface area contributed by atoms with Crippen molar-refractivity contribution in [1.29, 1.82) is 0 Å². The van der Waals surface area contributed by atoms with Crippen LogP contribution >= 0.6 is 24.0 Å². The molecule has 2 saturated carbocycles. The number of benzene rings is 1. The van der Waals surface area contributed by atoms with Crippen LogP contribution in [0.5, 0.6) is 0 Å². The van der Waals surface area contributed by atoms with Gasteiger partial charge in [-0.15, -0.1) is 24.0 Å². The van der Waals surface area contributed by atoms with Crippen molar-refractivity contribution in [2.24, 2.45) is 10.9 Å². The Morgan fingerprint density at radius 3 is 2.50 bits per heavy atom. The average molecular weight is 474 g/mol. The molecule has 0 aromatic heterocycles. The summed E-state index contributed by atoms with van der Waals surface area (Å²) in [6.07, 6.45) is 3.96. The predicted octanol–water partition coefficient (Wildman–Crippen LogP) is 2.56. The largest absolute Gasteiger partial charge is 0.357 e. The molecule has 0 radical (unpaired) electrons. The summed E-state index contributed by atoms with van der Waals surface area (Å²) in [5.74, 6) is 0.958. The van der Waals surface area contributed by atoms with E-state index < -0.39 is 0 Å². The predicted molar refractivity (Wildman–Crippen MR) is 112 cm³/mol. The second kappa shape index (κ2) is 9.53. The number of carbonyl (C=O) groups is 1. The van der Waals surface area contributed by atoms with Gasteiger partial charge in [0.05, 0.1) is 6.54 Å². The Kier molecular flexibility index (Phi) is 7.67. The monoisotopic (exact) mass is 474 g/mol. The van der Waals surface area contributed by atoms with E-state index in [9.17, 15) is 9.18 Å². The third-order valence-electron chi connectivity index (χ3n) is 4.85. The van der Waals surface area contributed by atoms with Crippen molar-refractivity contribution in [2.45, 2.75) is 38.0 Å². The van der Waals surface area contributed by atoms with E-state index in [0.29, 0.717) is 25.6 Å². The van der Waals surface area contributed by atoms with E-state index in [0.717, 1.165) is 37.8 Å². The van der Waals surface area contributed by atoms with E-state index in [-0.39, 0.29) is 47.0 Å². The van der Waals surface area contributed by atoms with E-state index in [1.807, 2.05) is 19.1 Å². The van der Waals surface area contributed by atoms with Crippen molar-refractivity contribution in [3.05, 3.63) is 35.6 Å². The molecule has 0 bridgehead atoms. The lowest BCUT2D eigenvalue weighted by atomic mass is 9.95. The molecule has 1 aromatic rings. The Morgan fingerprint density at radius 2 is 1.88 bits per heavy atom. The molecule has 2 aliphatic rings. The van der Waals surface area contributed by atoms with Crippen LogP contribution in [-0.2, 0) is 10.2 Å². The normalized spacial score (nSPS) is 17.8. The van der Waals surface area contributed by atoms with Gasteiger partial charge in [-0.1, -0.05) is 18.2 Å². The molecule has 0 saturated heterocycles. The van der Waals surface area contributed by atoms with Crippen LogP contribution in [0, 0.1) is 11.7 Å². The van der Waals surface area contributed by atoms with Crippen LogP contribution in [0.15, 0.2) is 29.3 Å². The number of hydrogen-bond acceptors (Lipinski definition) is 2. The highest BCUT2D eigenvalue weighted by Gasteiger charge is 2.45. The lowest BCUT2D eigenvalue weighted by molar-refractivity contribution is -0.122. The number of carbonyl (C=O) groups excluding carboxylic acids is 1. The highest BCUT2D eigenvalue weighted by Crippen LogP contribution is 2.49. The van der Waals surface area contributed by atoms with Gasteiger partial charge in [0.25, 0.3) is 0 Å². The number of nitrogens with zero attached hydrogens (tertiary/aromatic N) is 1. The Hall–Kier alpha value is -1.38. The van der Waals surface area contributed by atoms with Gasteiger partial charge in [0.2, 0.25) is 5.91 Å². The second-order valence-corrected chi connectivity index (χ2v) is 6.95. The fraction of sp³-hybridized carbons (Fsp3) is 0.579. The molecule has 0 spiro atoms. The van der Waals surface area contributed by atoms with Crippen LogP contribution in [0.2, 0.25) is 0 Å². The highest BCUT2D eigenvalue weighted by atomic mass is 127. The van der Waals surface area contributed by atoms with E-state index in [4.69, 9.17) is 0 Å². The molecule has 0 unspecified atom stereocenters. The summed E-state index contributed by atoms with van der Waals surface area (Å²) in [6.45, 7) is 4.54. The summed E-state index contributed by atoms with van der Waals surface area (Å²) < 4.78 is 14.1. The van der Waals surface area contributed by atoms with Gasteiger partial charge in [-0.2, -0.15) is 0 Å². The molecule has 3 rings (SSSR count). The molecule has 1 aromatic carbocycles. The van der Waals surface area contributed by atoms with Crippen LogP contribution in [0.1, 0.15) is 38.2 Å². The molecule has 3 N–H and O–H groups in total. The van der Waals surface area contributed by atoms with Gasteiger partial charge >= 0.3 is 0 Å². The number of hydrogen-bond donors (Lipinski definition) is 3. The zero-order chi connectivity index (χ0) is 17.7. The van der Waals surface area contributed by atoms with Crippen molar-refractivity contribution in [3.63, 3.8) is 0 Å². The molecule has 1 amide bonds. The molecule has 144 valence electrons. The fourth-order valence-electron chi connectivity index (χ4n) is 2.98. The number of amides is 1. The molecular weight excluding hydrogens is 446 g/mol. The first-order valence-corrected chi connectivity index (χ1v) is 9.19. The van der Waals surface area contributed by atoms with Gasteiger partial charge in [0, 0.05) is 31.0 Å². The summed E-state index contributed by atoms with van der Waals surface area (Å²) in [6, 6.07) is 6.99. The van der Waals surface area contributed by atoms with Crippen molar-refractivity contribution >= 4 is 35.8 Å². The molecule has 5 nitrogen and oxygen atoms in total. The van der Waals surface area contributed by atoms with Crippen LogP contribution in [0.25, 0.3) is 0 Å². The van der Waals surface area contributed by atoms with E-state index in [1.54, 1.807) is 6.07 Å². The Morgan fingerprint density at radius 1 is 1.19 bits per heavy atom. The van der Waals surface area contributed by atoms with Crippen molar-refractivity contribution < 1.29 is 9.18 Å². The number of aliphatic imine (C=N–C) groups is 1. The minimum atomic E-state index is -0.159. The van der Waals surface area contributed by atoms with Crippen molar-refractivity contribution in [3.8, 4) is 0 Å². The quantitative estimate of drug-likeness (QED) is 0.235. The lowest BCUT2D eigenvalue weighted by Crippen LogP contribution is -2.42. The van der Waals surface area contributed by atoms with E-state index >= 15 is 0 Å². The van der Waals surface area contributed by atoms with Crippen LogP contribution in [-0.4, -0.2) is 38.0 Å². The molecule has 2 fully saturated rings. The lowest BCUT2D eigenvalue weighted by Gasteiger charge is -2.16. The molecule has 0 atom stereocenters. The third kappa shape index (κ3) is 5.56. The van der Waals surface area contributed by atoms with Gasteiger partial charge < -0.3 is 16.0 Å². The van der Waals surface area contributed by atoms with Gasteiger partial charge in [0.15, 0.2) is 5.96 Å². The van der Waals surface area contributed by atoms with Gasteiger partial charge in [-0.3, -0.25) is 9.79 Å². The van der Waals surface area contributed by atoms with Gasteiger partial charge in [0.1, 0.15) is 5.82 Å². The zero-order valence-electron chi connectivity index (χ0n) is 15.2. The molecule has 7 heteroatoms. The summed E-state index contributed by atoms with van der Waals surface area (Å²) in [7, 11) is 0. The Bertz CT molecular complexity index is 644. The molecule has 26 heavy (non-hydrogen) atoms. The topological polar surface area (TPSA) is 65.5 Å². The number of halogens is 2. The maximum absolute atomic E-state index is 14.1. The summed E-state index contributed by atoms with van der Waals surface area (Å²) in [5, 5.41) is 9.36. The number of rotatable bonds is 8. The average Bonchev–Trinajstić information content (AvgIpc) is 3.51. The van der Waals surface area contributed by atoms with Crippen LogP contribution < -0.4 is 16.0 Å². The maximum Gasteiger partial charge on any atom is 0.223 e. The first kappa shape index (κ1) is 20.9. The highest BCUT2D eigenvalue weighted by molar-refractivity contribution is 14.0. The zero-order valence-corrected chi connectivity index (χ0v) is 17.5. The van der Waals surface area contributed by atoms with Gasteiger partial charge in [-0.05, 0) is 44.2 Å². The first-order valence-electron chi connectivity index (χ1n) is 9.19. The molecule has 2 aliphatic carbocycles. The first-order chi connectivity index (χ1) is 12.1.